The molecule has 0 amide bonds. The van der Waals surface area contributed by atoms with Crippen molar-refractivity contribution in [2.45, 2.75) is 33.2 Å². The Morgan fingerprint density at radius 3 is 2.45 bits per heavy atom. The van der Waals surface area contributed by atoms with Crippen LogP contribution < -0.4 is 11.3 Å². The Morgan fingerprint density at radius 2 is 1.85 bits per heavy atom. The van der Waals surface area contributed by atoms with Gasteiger partial charge in [-0.2, -0.15) is 5.10 Å². The van der Waals surface area contributed by atoms with Crippen LogP contribution in [-0.2, 0) is 0 Å². The van der Waals surface area contributed by atoms with Gasteiger partial charge in [0.2, 0.25) is 0 Å². The van der Waals surface area contributed by atoms with Crippen molar-refractivity contribution in [3.63, 3.8) is 0 Å². The summed E-state index contributed by atoms with van der Waals surface area (Å²) in [6, 6.07) is 12.2. The zero-order valence-corrected chi connectivity index (χ0v) is 12.5. The Bertz CT molecular complexity index is 518. The SMILES string of the molecule is CC(C)CC(C)C(NN)c1ccn(-c2ccccc2)n1. The van der Waals surface area contributed by atoms with E-state index < -0.39 is 0 Å². The van der Waals surface area contributed by atoms with Gasteiger partial charge in [-0.25, -0.2) is 4.68 Å². The molecule has 1 heterocycles. The van der Waals surface area contributed by atoms with E-state index in [0.717, 1.165) is 17.8 Å². The number of hydrogen-bond acceptors (Lipinski definition) is 3. The predicted octanol–water partition coefficient (Wildman–Crippen LogP) is 3.06. The molecular weight excluding hydrogens is 248 g/mol. The molecule has 1 aromatic heterocycles. The average Bonchev–Trinajstić information content (AvgIpc) is 2.89. The molecule has 0 saturated heterocycles. The van der Waals surface area contributed by atoms with Crippen LogP contribution in [-0.4, -0.2) is 9.78 Å². The second-order valence-corrected chi connectivity index (χ2v) is 5.77. The quantitative estimate of drug-likeness (QED) is 0.627. The van der Waals surface area contributed by atoms with Crippen molar-refractivity contribution in [1.29, 1.82) is 0 Å². The van der Waals surface area contributed by atoms with E-state index in [9.17, 15) is 0 Å². The van der Waals surface area contributed by atoms with Crippen molar-refractivity contribution in [2.24, 2.45) is 17.7 Å². The number of benzene rings is 1. The van der Waals surface area contributed by atoms with Crippen LogP contribution in [0, 0.1) is 11.8 Å². The molecule has 108 valence electrons. The molecule has 0 aliphatic heterocycles. The summed E-state index contributed by atoms with van der Waals surface area (Å²) in [6.45, 7) is 6.67. The van der Waals surface area contributed by atoms with Gasteiger partial charge in [0.15, 0.2) is 0 Å². The van der Waals surface area contributed by atoms with E-state index >= 15 is 0 Å². The third-order valence-electron chi connectivity index (χ3n) is 3.54. The third kappa shape index (κ3) is 3.46. The number of nitrogens with two attached hydrogens (primary N) is 1. The molecule has 2 rings (SSSR count). The summed E-state index contributed by atoms with van der Waals surface area (Å²) in [5.74, 6) is 6.82. The molecule has 1 aromatic carbocycles. The van der Waals surface area contributed by atoms with Crippen LogP contribution in [0.2, 0.25) is 0 Å². The highest BCUT2D eigenvalue weighted by molar-refractivity contribution is 5.30. The zero-order valence-electron chi connectivity index (χ0n) is 12.5. The van der Waals surface area contributed by atoms with E-state index in [1.807, 2.05) is 47.3 Å². The number of nitrogens with one attached hydrogen (secondary N) is 1. The lowest BCUT2D eigenvalue weighted by molar-refractivity contribution is 0.326. The average molecular weight is 272 g/mol. The Labute approximate surface area is 121 Å². The molecule has 0 fully saturated rings. The van der Waals surface area contributed by atoms with Crippen LogP contribution in [0.15, 0.2) is 42.6 Å². The van der Waals surface area contributed by atoms with Crippen molar-refractivity contribution in [1.82, 2.24) is 15.2 Å². The molecule has 0 saturated carbocycles. The summed E-state index contributed by atoms with van der Waals surface area (Å²) >= 11 is 0. The number of hydrogen-bond donors (Lipinski definition) is 2. The molecule has 0 aliphatic rings. The fraction of sp³-hybridized carbons (Fsp3) is 0.438. The van der Waals surface area contributed by atoms with Gasteiger partial charge in [-0.1, -0.05) is 39.0 Å². The first kappa shape index (κ1) is 14.8. The fourth-order valence-electron chi connectivity index (χ4n) is 2.65. The molecule has 2 unspecified atom stereocenters. The van der Waals surface area contributed by atoms with E-state index in [2.05, 4.69) is 31.3 Å². The molecule has 4 heteroatoms. The summed E-state index contributed by atoms with van der Waals surface area (Å²) in [5, 5.41) is 4.65. The second-order valence-electron chi connectivity index (χ2n) is 5.77. The molecule has 2 atom stereocenters. The second kappa shape index (κ2) is 6.68. The van der Waals surface area contributed by atoms with Gasteiger partial charge in [0, 0.05) is 6.20 Å². The first-order valence-corrected chi connectivity index (χ1v) is 7.19. The van der Waals surface area contributed by atoms with Crippen molar-refractivity contribution >= 4 is 0 Å². The smallest absolute Gasteiger partial charge is 0.0814 e. The van der Waals surface area contributed by atoms with E-state index in [1.165, 1.54) is 0 Å². The van der Waals surface area contributed by atoms with Gasteiger partial charge in [0.05, 0.1) is 17.4 Å². The molecule has 0 aliphatic carbocycles. The van der Waals surface area contributed by atoms with E-state index in [0.29, 0.717) is 11.8 Å². The van der Waals surface area contributed by atoms with Gasteiger partial charge in [-0.3, -0.25) is 11.3 Å². The van der Waals surface area contributed by atoms with Gasteiger partial charge >= 0.3 is 0 Å². The number of nitrogens with zero attached hydrogens (tertiary/aromatic N) is 2. The first-order valence-electron chi connectivity index (χ1n) is 7.19. The molecule has 20 heavy (non-hydrogen) atoms. The van der Waals surface area contributed by atoms with Crippen LogP contribution in [0.5, 0.6) is 0 Å². The van der Waals surface area contributed by atoms with Gasteiger partial charge in [-0.05, 0) is 36.5 Å². The summed E-state index contributed by atoms with van der Waals surface area (Å²) in [6.07, 6.45) is 3.10. The van der Waals surface area contributed by atoms with Gasteiger partial charge in [0.1, 0.15) is 0 Å². The standard InChI is InChI=1S/C16H24N4/c1-12(2)11-13(3)16(18-17)15-9-10-20(19-15)14-7-5-4-6-8-14/h4-10,12-13,16,18H,11,17H2,1-3H3. The highest BCUT2D eigenvalue weighted by atomic mass is 15.3. The van der Waals surface area contributed by atoms with E-state index in [1.54, 1.807) is 0 Å². The molecule has 2 aromatic rings. The van der Waals surface area contributed by atoms with E-state index in [-0.39, 0.29) is 6.04 Å². The monoisotopic (exact) mass is 272 g/mol. The topological polar surface area (TPSA) is 55.9 Å². The Morgan fingerprint density at radius 1 is 1.15 bits per heavy atom. The van der Waals surface area contributed by atoms with Crippen molar-refractivity contribution in [3.8, 4) is 5.69 Å². The Kier molecular flexibility index (Phi) is 4.93. The van der Waals surface area contributed by atoms with Crippen molar-refractivity contribution in [2.75, 3.05) is 0 Å². The highest BCUT2D eigenvalue weighted by Crippen LogP contribution is 2.25. The molecular formula is C16H24N4. The van der Waals surface area contributed by atoms with Crippen molar-refractivity contribution in [3.05, 3.63) is 48.3 Å². The lowest BCUT2D eigenvalue weighted by Gasteiger charge is -2.23. The third-order valence-corrected chi connectivity index (χ3v) is 3.54. The normalized spacial score (nSPS) is 14.4. The lowest BCUT2D eigenvalue weighted by Crippen LogP contribution is -2.33. The maximum atomic E-state index is 5.73. The number of hydrazine groups is 1. The maximum Gasteiger partial charge on any atom is 0.0814 e. The van der Waals surface area contributed by atoms with Crippen LogP contribution >= 0.6 is 0 Å². The summed E-state index contributed by atoms with van der Waals surface area (Å²) in [7, 11) is 0. The fourth-order valence-corrected chi connectivity index (χ4v) is 2.65. The zero-order chi connectivity index (χ0) is 14.5. The molecule has 4 nitrogen and oxygen atoms in total. The number of aromatic nitrogens is 2. The lowest BCUT2D eigenvalue weighted by atomic mass is 9.91. The molecule has 3 N–H and O–H groups in total. The van der Waals surface area contributed by atoms with Crippen LogP contribution in [0.3, 0.4) is 0 Å². The Hall–Kier alpha value is -1.65. The maximum absolute atomic E-state index is 5.73. The number of rotatable bonds is 6. The van der Waals surface area contributed by atoms with Crippen molar-refractivity contribution < 1.29 is 0 Å². The summed E-state index contributed by atoms with van der Waals surface area (Å²) < 4.78 is 1.89. The van der Waals surface area contributed by atoms with E-state index in [4.69, 9.17) is 5.84 Å². The van der Waals surface area contributed by atoms with Crippen LogP contribution in [0.4, 0.5) is 0 Å². The minimum Gasteiger partial charge on any atom is -0.271 e. The van der Waals surface area contributed by atoms with Crippen LogP contribution in [0.1, 0.15) is 38.9 Å². The predicted molar refractivity (Wildman–Crippen MR) is 82.2 cm³/mol. The number of para-hydroxylation sites is 1. The molecule has 0 radical (unpaired) electrons. The highest BCUT2D eigenvalue weighted by Gasteiger charge is 2.21. The Balaban J connectivity index is 2.18. The summed E-state index contributed by atoms with van der Waals surface area (Å²) in [5.41, 5.74) is 4.96. The molecule has 0 bridgehead atoms. The largest absolute Gasteiger partial charge is 0.271 e. The summed E-state index contributed by atoms with van der Waals surface area (Å²) in [4.78, 5) is 0. The minimum absolute atomic E-state index is 0.0855. The van der Waals surface area contributed by atoms with Crippen LogP contribution in [0.25, 0.3) is 5.69 Å². The minimum atomic E-state index is 0.0855. The first-order chi connectivity index (χ1) is 9.61. The van der Waals surface area contributed by atoms with Gasteiger partial charge in [0.25, 0.3) is 0 Å². The van der Waals surface area contributed by atoms with Gasteiger partial charge in [-0.15, -0.1) is 0 Å². The van der Waals surface area contributed by atoms with Gasteiger partial charge < -0.3 is 0 Å². The molecule has 0 spiro atoms.